The number of aromatic nitrogens is 4. The first-order chi connectivity index (χ1) is 24.0. The number of ether oxygens (including phenoxy) is 1. The number of benzene rings is 2. The molecule has 1 unspecified atom stereocenters. The number of nitrogens with one attached hydrogen (secondary N) is 2. The van der Waals surface area contributed by atoms with Crippen LogP contribution < -0.4 is 21.1 Å². The minimum absolute atomic E-state index is 0.0381. The van der Waals surface area contributed by atoms with Gasteiger partial charge >= 0.3 is 6.18 Å². The van der Waals surface area contributed by atoms with Crippen molar-refractivity contribution in [3.05, 3.63) is 101 Å². The Labute approximate surface area is 289 Å². The molecule has 1 aliphatic rings. The maximum Gasteiger partial charge on any atom is 0.424 e. The SMILES string of the molecule is Cc1cnc2c(Nc3ccc(C(C)C)nn3)cc(C(=O)NCC(O)(c3cc4c(c(-c5ccc(F)cc5)n3)OC[C@]4(C)C(N)=O)C(F)(F)F)cc2c1. The van der Waals surface area contributed by atoms with E-state index in [-0.39, 0.29) is 40.7 Å². The summed E-state index contributed by atoms with van der Waals surface area (Å²) in [5.74, 6) is -2.00. The molecule has 0 spiro atoms. The molecule has 4 heterocycles. The third-order valence-corrected chi connectivity index (χ3v) is 8.85. The molecule has 264 valence electrons. The molecule has 0 bridgehead atoms. The van der Waals surface area contributed by atoms with Crippen molar-refractivity contribution in [1.29, 1.82) is 0 Å². The average molecular weight is 704 g/mol. The van der Waals surface area contributed by atoms with Crippen molar-refractivity contribution in [2.24, 2.45) is 5.73 Å². The van der Waals surface area contributed by atoms with E-state index in [1.54, 1.807) is 31.3 Å². The van der Waals surface area contributed by atoms with Crippen LogP contribution in [0.1, 0.15) is 59.6 Å². The summed E-state index contributed by atoms with van der Waals surface area (Å²) in [5.41, 5.74) is 1.57. The van der Waals surface area contributed by atoms with Crippen LogP contribution in [-0.2, 0) is 15.8 Å². The highest BCUT2D eigenvalue weighted by Crippen LogP contribution is 2.47. The van der Waals surface area contributed by atoms with Crippen molar-refractivity contribution in [2.45, 2.75) is 50.8 Å². The van der Waals surface area contributed by atoms with Crippen molar-refractivity contribution >= 4 is 34.2 Å². The normalized spacial score (nSPS) is 16.7. The maximum absolute atomic E-state index is 14.9. The Morgan fingerprint density at radius 2 is 1.78 bits per heavy atom. The maximum atomic E-state index is 14.9. The number of amides is 2. The van der Waals surface area contributed by atoms with E-state index in [1.807, 2.05) is 13.8 Å². The number of aryl methyl sites for hydroxylation is 1. The topological polar surface area (TPSA) is 165 Å². The van der Waals surface area contributed by atoms with Crippen LogP contribution >= 0.6 is 0 Å². The van der Waals surface area contributed by atoms with Gasteiger partial charge in [-0.2, -0.15) is 18.3 Å². The number of hydrogen-bond donors (Lipinski definition) is 4. The standard InChI is InChI=1S/C36H33F4N7O4/c1-18(2)25-9-10-28(47-46-25)44-26-13-22(12-21-11-19(3)15-42-29(21)26)32(48)43-16-35(50,36(38,39)40)27-14-24-31(51-17-34(24,4)33(41)49)30(45-27)20-5-7-23(37)8-6-20/h5-15,18,50H,16-17H2,1-4H3,(H2,41,49)(H,43,48)(H,44,47)/t34-,35?/m0/s1. The van der Waals surface area contributed by atoms with Crippen LogP contribution in [0.3, 0.4) is 0 Å². The van der Waals surface area contributed by atoms with Gasteiger partial charge < -0.3 is 26.2 Å². The van der Waals surface area contributed by atoms with Gasteiger partial charge in [0.15, 0.2) is 5.82 Å². The van der Waals surface area contributed by atoms with Crippen molar-refractivity contribution in [2.75, 3.05) is 18.5 Å². The fraction of sp³-hybridized carbons (Fsp3) is 0.278. The Bertz CT molecular complexity index is 2160. The Balaban J connectivity index is 1.38. The summed E-state index contributed by atoms with van der Waals surface area (Å²) in [7, 11) is 0. The molecule has 0 radical (unpaired) electrons. The largest absolute Gasteiger partial charge is 0.489 e. The van der Waals surface area contributed by atoms with Crippen LogP contribution in [-0.4, -0.2) is 56.4 Å². The number of fused-ring (bicyclic) bond motifs is 2. The molecule has 2 aromatic carbocycles. The van der Waals surface area contributed by atoms with Gasteiger partial charge in [0.1, 0.15) is 29.3 Å². The zero-order chi connectivity index (χ0) is 36.9. The molecule has 6 rings (SSSR count). The molecule has 51 heavy (non-hydrogen) atoms. The Morgan fingerprint density at radius 1 is 1.06 bits per heavy atom. The Morgan fingerprint density at radius 3 is 2.41 bits per heavy atom. The predicted molar refractivity (Wildman–Crippen MR) is 180 cm³/mol. The molecule has 5 aromatic rings. The van der Waals surface area contributed by atoms with E-state index < -0.39 is 47.1 Å². The van der Waals surface area contributed by atoms with Crippen molar-refractivity contribution in [3.8, 4) is 17.0 Å². The first-order valence-corrected chi connectivity index (χ1v) is 15.8. The molecule has 3 aromatic heterocycles. The molecule has 2 atom stereocenters. The van der Waals surface area contributed by atoms with Crippen molar-refractivity contribution in [1.82, 2.24) is 25.5 Å². The zero-order valence-electron chi connectivity index (χ0n) is 27.9. The molecular formula is C36H33F4N7O4. The van der Waals surface area contributed by atoms with E-state index in [1.165, 1.54) is 31.2 Å². The number of aliphatic hydroxyl groups is 1. The number of hydrogen-bond acceptors (Lipinski definition) is 9. The lowest BCUT2D eigenvalue weighted by molar-refractivity contribution is -0.265. The molecule has 0 fully saturated rings. The average Bonchev–Trinajstić information content (AvgIpc) is 3.44. The van der Waals surface area contributed by atoms with Crippen LogP contribution in [0.5, 0.6) is 5.75 Å². The second-order valence-corrected chi connectivity index (χ2v) is 13.0. The highest BCUT2D eigenvalue weighted by atomic mass is 19.4. The molecule has 15 heteroatoms. The number of pyridine rings is 2. The number of anilines is 2. The van der Waals surface area contributed by atoms with Crippen LogP contribution in [0.15, 0.2) is 66.9 Å². The lowest BCUT2D eigenvalue weighted by atomic mass is 9.81. The zero-order valence-corrected chi connectivity index (χ0v) is 27.9. The molecule has 5 N–H and O–H groups in total. The lowest BCUT2D eigenvalue weighted by Crippen LogP contribution is -2.51. The summed E-state index contributed by atoms with van der Waals surface area (Å²) in [6.45, 7) is 5.45. The quantitative estimate of drug-likeness (QED) is 0.141. The molecule has 2 amide bonds. The van der Waals surface area contributed by atoms with Gasteiger partial charge in [0.2, 0.25) is 11.5 Å². The first kappa shape index (κ1) is 35.1. The number of halogens is 4. The van der Waals surface area contributed by atoms with E-state index in [0.29, 0.717) is 22.4 Å². The molecule has 0 aliphatic carbocycles. The Hall–Kier alpha value is -5.70. The van der Waals surface area contributed by atoms with E-state index in [4.69, 9.17) is 10.5 Å². The predicted octanol–water partition coefficient (Wildman–Crippen LogP) is 5.72. The monoisotopic (exact) mass is 703 g/mol. The van der Waals surface area contributed by atoms with Gasteiger partial charge in [-0.25, -0.2) is 9.37 Å². The highest BCUT2D eigenvalue weighted by molar-refractivity contribution is 6.03. The second kappa shape index (κ2) is 12.9. The number of nitrogens with zero attached hydrogens (tertiary/aromatic N) is 4. The first-order valence-electron chi connectivity index (χ1n) is 15.8. The number of carbonyl (C=O) groups excluding carboxylic acids is 2. The molecule has 0 saturated carbocycles. The number of nitrogens with two attached hydrogens (primary N) is 1. The van der Waals surface area contributed by atoms with Crippen molar-refractivity contribution < 1.29 is 37.0 Å². The van der Waals surface area contributed by atoms with Gasteiger partial charge in [-0.1, -0.05) is 13.8 Å². The van der Waals surface area contributed by atoms with Gasteiger partial charge in [-0.3, -0.25) is 14.6 Å². The molecular weight excluding hydrogens is 670 g/mol. The van der Waals surface area contributed by atoms with Gasteiger partial charge in [-0.05, 0) is 86.0 Å². The summed E-state index contributed by atoms with van der Waals surface area (Å²) in [5, 5.41) is 25.6. The summed E-state index contributed by atoms with van der Waals surface area (Å²) < 4.78 is 64.3. The van der Waals surface area contributed by atoms with E-state index >= 15 is 0 Å². The molecule has 1 aliphatic heterocycles. The fourth-order valence-corrected chi connectivity index (χ4v) is 5.69. The number of primary amides is 1. The number of carbonyl (C=O) groups is 2. The smallest absolute Gasteiger partial charge is 0.424 e. The Kier molecular flexibility index (Phi) is 8.87. The number of alkyl halides is 3. The van der Waals surface area contributed by atoms with Crippen LogP contribution in [0.2, 0.25) is 0 Å². The minimum atomic E-state index is -5.39. The molecule has 0 saturated heterocycles. The number of rotatable bonds is 9. The van der Waals surface area contributed by atoms with Gasteiger partial charge in [-0.15, -0.1) is 5.10 Å². The van der Waals surface area contributed by atoms with E-state index in [9.17, 15) is 32.3 Å². The van der Waals surface area contributed by atoms with Gasteiger partial charge in [0.05, 0.1) is 29.1 Å². The van der Waals surface area contributed by atoms with Crippen LogP contribution in [0.4, 0.5) is 29.1 Å². The van der Waals surface area contributed by atoms with Gasteiger partial charge in [0, 0.05) is 28.3 Å². The summed E-state index contributed by atoms with van der Waals surface area (Å²) in [4.78, 5) is 34.7. The molecule has 11 nitrogen and oxygen atoms in total. The van der Waals surface area contributed by atoms with Crippen LogP contribution in [0, 0.1) is 12.7 Å². The fourth-order valence-electron chi connectivity index (χ4n) is 5.69. The van der Waals surface area contributed by atoms with E-state index in [0.717, 1.165) is 29.5 Å². The third-order valence-electron chi connectivity index (χ3n) is 8.85. The minimum Gasteiger partial charge on any atom is -0.489 e. The van der Waals surface area contributed by atoms with Crippen LogP contribution in [0.25, 0.3) is 22.2 Å². The third kappa shape index (κ3) is 6.52. The van der Waals surface area contributed by atoms with Crippen molar-refractivity contribution in [3.63, 3.8) is 0 Å². The highest BCUT2D eigenvalue weighted by Gasteiger charge is 2.57. The summed E-state index contributed by atoms with van der Waals surface area (Å²) in [6.07, 6.45) is -3.76. The van der Waals surface area contributed by atoms with E-state index in [2.05, 4.69) is 30.8 Å². The second-order valence-electron chi connectivity index (χ2n) is 13.0. The van der Waals surface area contributed by atoms with Gasteiger partial charge in [0.25, 0.3) is 5.91 Å². The summed E-state index contributed by atoms with van der Waals surface area (Å²) >= 11 is 0. The lowest BCUT2D eigenvalue weighted by Gasteiger charge is -2.31. The summed E-state index contributed by atoms with van der Waals surface area (Å²) in [6, 6.07) is 13.7.